The van der Waals surface area contributed by atoms with Gasteiger partial charge in [0.1, 0.15) is 11.9 Å². The van der Waals surface area contributed by atoms with Crippen molar-refractivity contribution in [3.8, 4) is 0 Å². The zero-order chi connectivity index (χ0) is 26.4. The van der Waals surface area contributed by atoms with Crippen LogP contribution in [0, 0.1) is 5.92 Å². The van der Waals surface area contributed by atoms with Crippen molar-refractivity contribution >= 4 is 22.9 Å². The van der Waals surface area contributed by atoms with Crippen LogP contribution in [0.3, 0.4) is 0 Å². The van der Waals surface area contributed by atoms with E-state index < -0.39 is 12.2 Å². The lowest BCUT2D eigenvalue weighted by Gasteiger charge is -2.33. The SMILES string of the molecule is C=C(c1ccc(N2CCOCC2)cc1)C1CCN(C(=O)c2ccc(C(C)=NC(C)C(F)CC)cn2)CC1. The molecule has 1 aromatic heterocycles. The maximum Gasteiger partial charge on any atom is 0.272 e. The summed E-state index contributed by atoms with van der Waals surface area (Å²) in [5.74, 6) is 0.306. The zero-order valence-electron chi connectivity index (χ0n) is 22.3. The number of carbonyl (C=O) groups excluding carboxylic acids is 1. The molecule has 0 N–H and O–H groups in total. The van der Waals surface area contributed by atoms with Crippen LogP contribution < -0.4 is 4.90 Å². The van der Waals surface area contributed by atoms with E-state index in [-0.39, 0.29) is 5.91 Å². The zero-order valence-corrected chi connectivity index (χ0v) is 22.3. The first-order valence-electron chi connectivity index (χ1n) is 13.4. The summed E-state index contributed by atoms with van der Waals surface area (Å²) in [4.78, 5) is 26.1. The van der Waals surface area contributed by atoms with E-state index in [0.29, 0.717) is 31.1 Å². The van der Waals surface area contributed by atoms with Crippen LogP contribution >= 0.6 is 0 Å². The van der Waals surface area contributed by atoms with E-state index in [4.69, 9.17) is 4.74 Å². The molecular weight excluding hydrogens is 467 g/mol. The van der Waals surface area contributed by atoms with Crippen molar-refractivity contribution in [2.45, 2.75) is 52.2 Å². The average molecular weight is 507 g/mol. The topological polar surface area (TPSA) is 58.0 Å². The molecule has 2 fully saturated rings. The Balaban J connectivity index is 1.30. The number of carbonyl (C=O) groups is 1. The molecule has 37 heavy (non-hydrogen) atoms. The number of hydrogen-bond donors (Lipinski definition) is 0. The smallest absolute Gasteiger partial charge is 0.272 e. The van der Waals surface area contributed by atoms with Gasteiger partial charge in [-0.3, -0.25) is 14.8 Å². The lowest BCUT2D eigenvalue weighted by molar-refractivity contribution is 0.0702. The Bertz CT molecular complexity index is 1090. The number of rotatable bonds is 8. The predicted molar refractivity (Wildman–Crippen MR) is 148 cm³/mol. The molecule has 2 aliphatic rings. The number of benzene rings is 1. The number of likely N-dealkylation sites (tertiary alicyclic amines) is 1. The lowest BCUT2D eigenvalue weighted by Crippen LogP contribution is -2.39. The van der Waals surface area contributed by atoms with Gasteiger partial charge in [0.15, 0.2) is 0 Å². The highest BCUT2D eigenvalue weighted by Gasteiger charge is 2.26. The molecule has 3 heterocycles. The van der Waals surface area contributed by atoms with Crippen LogP contribution in [-0.2, 0) is 4.74 Å². The van der Waals surface area contributed by atoms with E-state index in [0.717, 1.165) is 56.0 Å². The maximum atomic E-state index is 13.9. The fraction of sp³-hybridized carbons (Fsp3) is 0.500. The molecule has 1 aromatic carbocycles. The van der Waals surface area contributed by atoms with Gasteiger partial charge >= 0.3 is 0 Å². The minimum Gasteiger partial charge on any atom is -0.378 e. The normalized spacial score (nSPS) is 19.0. The Morgan fingerprint density at radius 1 is 1.11 bits per heavy atom. The average Bonchev–Trinajstić information content (AvgIpc) is 2.96. The van der Waals surface area contributed by atoms with E-state index in [1.54, 1.807) is 19.2 Å². The first-order chi connectivity index (χ1) is 17.9. The number of piperidine rings is 1. The number of halogens is 1. The number of anilines is 1. The number of allylic oxidation sites excluding steroid dienone is 1. The highest BCUT2D eigenvalue weighted by molar-refractivity contribution is 5.99. The molecular formula is C30H39FN4O2. The van der Waals surface area contributed by atoms with Crippen LogP contribution in [0.5, 0.6) is 0 Å². The van der Waals surface area contributed by atoms with Gasteiger partial charge in [0.05, 0.1) is 19.3 Å². The summed E-state index contributed by atoms with van der Waals surface area (Å²) in [6, 6.07) is 11.9. The molecule has 2 unspecified atom stereocenters. The van der Waals surface area contributed by atoms with Crippen LogP contribution in [0.25, 0.3) is 5.57 Å². The Morgan fingerprint density at radius 3 is 2.35 bits per heavy atom. The van der Waals surface area contributed by atoms with Gasteiger partial charge in [0.25, 0.3) is 5.91 Å². The molecule has 7 heteroatoms. The number of nitrogens with zero attached hydrogens (tertiary/aromatic N) is 4. The molecule has 0 saturated carbocycles. The molecule has 2 aliphatic heterocycles. The Kier molecular flexibility index (Phi) is 9.09. The van der Waals surface area contributed by atoms with Gasteiger partial charge in [-0.15, -0.1) is 0 Å². The number of amides is 1. The first kappa shape index (κ1) is 27.0. The largest absolute Gasteiger partial charge is 0.378 e. The molecule has 1 amide bonds. The Labute approximate surface area is 220 Å². The summed E-state index contributed by atoms with van der Waals surface area (Å²) < 4.78 is 19.3. The second-order valence-electron chi connectivity index (χ2n) is 10.0. The second-order valence-corrected chi connectivity index (χ2v) is 10.0. The minimum atomic E-state index is -0.961. The third kappa shape index (κ3) is 6.63. The number of morpholine rings is 1. The fourth-order valence-electron chi connectivity index (χ4n) is 5.07. The van der Waals surface area contributed by atoms with Gasteiger partial charge in [-0.1, -0.05) is 25.6 Å². The predicted octanol–water partition coefficient (Wildman–Crippen LogP) is 5.43. The van der Waals surface area contributed by atoms with Crippen LogP contribution in [0.1, 0.15) is 61.6 Å². The van der Waals surface area contributed by atoms with Gasteiger partial charge in [-0.2, -0.15) is 0 Å². The number of aliphatic imine (C=N–C) groups is 1. The summed E-state index contributed by atoms with van der Waals surface area (Å²) in [6.45, 7) is 14.6. The number of hydrogen-bond acceptors (Lipinski definition) is 5. The van der Waals surface area contributed by atoms with Gasteiger partial charge in [-0.05, 0) is 74.4 Å². The van der Waals surface area contributed by atoms with Crippen LogP contribution in [0.15, 0.2) is 54.2 Å². The monoisotopic (exact) mass is 506 g/mol. The van der Waals surface area contributed by atoms with Crippen molar-refractivity contribution in [1.29, 1.82) is 0 Å². The van der Waals surface area contributed by atoms with Crippen molar-refractivity contribution < 1.29 is 13.9 Å². The summed E-state index contributed by atoms with van der Waals surface area (Å²) >= 11 is 0. The van der Waals surface area contributed by atoms with Gasteiger partial charge < -0.3 is 14.5 Å². The lowest BCUT2D eigenvalue weighted by atomic mass is 9.86. The molecule has 4 rings (SSSR count). The molecule has 6 nitrogen and oxygen atoms in total. The Morgan fingerprint density at radius 2 is 1.76 bits per heavy atom. The van der Waals surface area contributed by atoms with Crippen LogP contribution in [0.2, 0.25) is 0 Å². The van der Waals surface area contributed by atoms with E-state index in [2.05, 4.69) is 45.7 Å². The number of ether oxygens (including phenoxy) is 1. The summed E-state index contributed by atoms with van der Waals surface area (Å²) in [5.41, 5.74) is 5.50. The highest BCUT2D eigenvalue weighted by atomic mass is 19.1. The summed E-state index contributed by atoms with van der Waals surface area (Å²) in [7, 11) is 0. The molecule has 2 saturated heterocycles. The third-order valence-corrected chi connectivity index (χ3v) is 7.60. The van der Waals surface area contributed by atoms with Crippen LogP contribution in [-0.4, -0.2) is 73.1 Å². The maximum absolute atomic E-state index is 13.9. The number of pyridine rings is 1. The summed E-state index contributed by atoms with van der Waals surface area (Å²) in [6.07, 6.45) is 2.91. The minimum absolute atomic E-state index is 0.0526. The standard InChI is InChI=1S/C30H39FN4O2/c1-5-28(31)23(4)33-22(3)26-8-11-29(32-20-26)30(36)35-14-12-25(13-15-35)21(2)24-6-9-27(10-7-24)34-16-18-37-19-17-34/h6-11,20,23,25,28H,2,5,12-19H2,1,3-4H3. The van der Waals surface area contributed by atoms with Gasteiger partial charge in [0.2, 0.25) is 0 Å². The van der Waals surface area contributed by atoms with Crippen molar-refractivity contribution in [3.63, 3.8) is 0 Å². The molecule has 2 aromatic rings. The van der Waals surface area contributed by atoms with Gasteiger partial charge in [-0.25, -0.2) is 4.39 Å². The number of aromatic nitrogens is 1. The van der Waals surface area contributed by atoms with E-state index in [9.17, 15) is 9.18 Å². The quantitative estimate of drug-likeness (QED) is 0.448. The third-order valence-electron chi connectivity index (χ3n) is 7.60. The van der Waals surface area contributed by atoms with E-state index in [1.807, 2.05) is 24.8 Å². The molecule has 0 radical (unpaired) electrons. The molecule has 0 bridgehead atoms. The Hall–Kier alpha value is -3.06. The fourth-order valence-corrected chi connectivity index (χ4v) is 5.07. The van der Waals surface area contributed by atoms with Crippen molar-refractivity contribution in [2.24, 2.45) is 10.9 Å². The molecule has 0 aliphatic carbocycles. The second kappa shape index (κ2) is 12.5. The molecule has 0 spiro atoms. The molecule has 2 atom stereocenters. The van der Waals surface area contributed by atoms with Crippen molar-refractivity contribution in [2.75, 3.05) is 44.3 Å². The van der Waals surface area contributed by atoms with E-state index in [1.165, 1.54) is 11.3 Å². The number of alkyl halides is 1. The van der Waals surface area contributed by atoms with Crippen molar-refractivity contribution in [3.05, 3.63) is 66.0 Å². The molecule has 198 valence electrons. The highest BCUT2D eigenvalue weighted by Crippen LogP contribution is 2.32. The van der Waals surface area contributed by atoms with Gasteiger partial charge in [0, 0.05) is 49.3 Å². The van der Waals surface area contributed by atoms with Crippen molar-refractivity contribution in [1.82, 2.24) is 9.88 Å². The summed E-state index contributed by atoms with van der Waals surface area (Å²) in [5, 5.41) is 0. The first-order valence-corrected chi connectivity index (χ1v) is 13.4. The van der Waals surface area contributed by atoms with E-state index >= 15 is 0 Å². The van der Waals surface area contributed by atoms with Crippen LogP contribution in [0.4, 0.5) is 10.1 Å².